The van der Waals surface area contributed by atoms with Gasteiger partial charge in [-0.2, -0.15) is 0 Å². The van der Waals surface area contributed by atoms with Gasteiger partial charge in [0.1, 0.15) is 6.54 Å². The van der Waals surface area contributed by atoms with Gasteiger partial charge in [0.2, 0.25) is 5.91 Å². The molecule has 1 amide bonds. The molecule has 0 atom stereocenters. The van der Waals surface area contributed by atoms with E-state index in [9.17, 15) is 14.4 Å². The lowest BCUT2D eigenvalue weighted by molar-refractivity contribution is -0.116. The van der Waals surface area contributed by atoms with Crippen LogP contribution >= 0.6 is 11.3 Å². The van der Waals surface area contributed by atoms with Gasteiger partial charge < -0.3 is 5.32 Å². The van der Waals surface area contributed by atoms with E-state index in [0.717, 1.165) is 32.5 Å². The number of amides is 1. The highest BCUT2D eigenvalue weighted by atomic mass is 32.1. The van der Waals surface area contributed by atoms with Crippen molar-refractivity contribution in [1.82, 2.24) is 14.1 Å². The van der Waals surface area contributed by atoms with E-state index in [-0.39, 0.29) is 0 Å². The van der Waals surface area contributed by atoms with E-state index in [1.807, 2.05) is 78.2 Å². The number of rotatable bonds is 7. The molecule has 1 N–H and O–H groups in total. The van der Waals surface area contributed by atoms with Gasteiger partial charge >= 0.3 is 5.69 Å². The van der Waals surface area contributed by atoms with Gasteiger partial charge in [0.15, 0.2) is 5.13 Å². The number of benzene rings is 3. The molecule has 7 nitrogen and oxygen atoms in total. The van der Waals surface area contributed by atoms with Crippen LogP contribution in [0, 0.1) is 0 Å². The monoisotopic (exact) mass is 494 g/mol. The Bertz CT molecular complexity index is 1600. The first-order valence-electron chi connectivity index (χ1n) is 11.3. The first-order valence-corrected chi connectivity index (χ1v) is 12.2. The van der Waals surface area contributed by atoms with Crippen LogP contribution in [0.2, 0.25) is 0 Å². The van der Waals surface area contributed by atoms with E-state index in [1.54, 1.807) is 0 Å². The Morgan fingerprint density at radius 3 is 2.17 bits per heavy atom. The Hall–Kier alpha value is -4.56. The van der Waals surface area contributed by atoms with Gasteiger partial charge in [0, 0.05) is 23.2 Å². The van der Waals surface area contributed by atoms with Crippen molar-refractivity contribution < 1.29 is 4.79 Å². The van der Waals surface area contributed by atoms with Crippen molar-refractivity contribution in [2.45, 2.75) is 13.1 Å². The van der Waals surface area contributed by atoms with Crippen molar-refractivity contribution >= 4 is 22.4 Å². The Kier molecular flexibility index (Phi) is 6.68. The summed E-state index contributed by atoms with van der Waals surface area (Å²) in [7, 11) is 0. The smallest absolute Gasteiger partial charge is 0.300 e. The average Bonchev–Trinajstić information content (AvgIpc) is 3.38. The van der Waals surface area contributed by atoms with Crippen LogP contribution in [0.15, 0.2) is 112 Å². The second-order valence-electron chi connectivity index (χ2n) is 8.17. The number of nitrogens with one attached hydrogen (secondary N) is 1. The maximum Gasteiger partial charge on any atom is 0.331 e. The van der Waals surface area contributed by atoms with Crippen LogP contribution < -0.4 is 16.6 Å². The van der Waals surface area contributed by atoms with Crippen LogP contribution in [0.25, 0.3) is 22.4 Å². The second-order valence-corrected chi connectivity index (χ2v) is 9.02. The zero-order valence-electron chi connectivity index (χ0n) is 19.2. The van der Waals surface area contributed by atoms with Crippen molar-refractivity contribution in [3.8, 4) is 22.4 Å². The predicted molar refractivity (Wildman–Crippen MR) is 142 cm³/mol. The lowest BCUT2D eigenvalue weighted by Crippen LogP contribution is -2.41. The van der Waals surface area contributed by atoms with Gasteiger partial charge in [-0.25, -0.2) is 9.78 Å². The van der Waals surface area contributed by atoms with Gasteiger partial charge in [0.05, 0.1) is 12.2 Å². The van der Waals surface area contributed by atoms with Crippen LogP contribution in [0.4, 0.5) is 5.13 Å². The van der Waals surface area contributed by atoms with Gasteiger partial charge in [-0.05, 0) is 16.7 Å². The highest BCUT2D eigenvalue weighted by molar-refractivity contribution is 7.14. The fraction of sp³-hybridized carbons (Fsp3) is 0.0714. The number of carbonyl (C=O) groups excluding carboxylic acids is 1. The molecule has 0 radical (unpaired) electrons. The Morgan fingerprint density at radius 1 is 0.806 bits per heavy atom. The van der Waals surface area contributed by atoms with Crippen LogP contribution in [-0.4, -0.2) is 20.0 Å². The molecule has 5 aromatic rings. The zero-order chi connectivity index (χ0) is 24.9. The molecule has 0 unspecified atom stereocenters. The summed E-state index contributed by atoms with van der Waals surface area (Å²) in [6.07, 6.45) is 1.45. The molecule has 0 saturated heterocycles. The minimum Gasteiger partial charge on any atom is -0.300 e. The maximum absolute atomic E-state index is 12.8. The molecule has 178 valence electrons. The maximum atomic E-state index is 12.8. The molecule has 0 spiro atoms. The standard InChI is InChI=1S/C28H22N4O3S/c33-25(18-32-26(34)15-16-31(28(32)35)17-20-7-3-1-4-8-20)30-27-29-24(19-36-27)23-13-11-22(12-14-23)21-9-5-2-6-10-21/h1-16,19H,17-18H2,(H,29,30,33). The van der Waals surface area contributed by atoms with Gasteiger partial charge in [-0.1, -0.05) is 84.9 Å². The number of hydrogen-bond donors (Lipinski definition) is 1. The number of hydrogen-bond acceptors (Lipinski definition) is 5. The second kappa shape index (κ2) is 10.4. The van der Waals surface area contributed by atoms with Gasteiger partial charge in [-0.15, -0.1) is 11.3 Å². The van der Waals surface area contributed by atoms with Crippen LogP contribution in [-0.2, 0) is 17.9 Å². The van der Waals surface area contributed by atoms with Crippen molar-refractivity contribution in [3.63, 3.8) is 0 Å². The summed E-state index contributed by atoms with van der Waals surface area (Å²) in [5.74, 6) is -0.494. The molecular weight excluding hydrogens is 472 g/mol. The van der Waals surface area contributed by atoms with Crippen LogP contribution in [0.5, 0.6) is 0 Å². The fourth-order valence-electron chi connectivity index (χ4n) is 3.83. The zero-order valence-corrected chi connectivity index (χ0v) is 20.0. The van der Waals surface area contributed by atoms with Crippen molar-refractivity contribution in [3.05, 3.63) is 129 Å². The summed E-state index contributed by atoms with van der Waals surface area (Å²) in [6.45, 7) is -0.0888. The molecule has 0 aliphatic carbocycles. The Labute approximate surface area is 211 Å². The van der Waals surface area contributed by atoms with Crippen LogP contribution in [0.3, 0.4) is 0 Å². The third-order valence-corrected chi connectivity index (χ3v) is 6.43. The summed E-state index contributed by atoms with van der Waals surface area (Å²) >= 11 is 1.28. The van der Waals surface area contributed by atoms with Crippen LogP contribution in [0.1, 0.15) is 5.56 Å². The predicted octanol–water partition coefficient (Wildman–Crippen LogP) is 4.49. The first kappa shape index (κ1) is 23.2. The normalized spacial score (nSPS) is 10.8. The number of carbonyl (C=O) groups is 1. The lowest BCUT2D eigenvalue weighted by Gasteiger charge is -2.09. The molecule has 2 heterocycles. The quantitative estimate of drug-likeness (QED) is 0.361. The average molecular weight is 495 g/mol. The highest BCUT2D eigenvalue weighted by Crippen LogP contribution is 2.27. The third-order valence-electron chi connectivity index (χ3n) is 5.68. The van der Waals surface area contributed by atoms with E-state index >= 15 is 0 Å². The molecule has 5 rings (SSSR count). The molecule has 3 aromatic carbocycles. The number of anilines is 1. The fourth-order valence-corrected chi connectivity index (χ4v) is 4.57. The Morgan fingerprint density at radius 2 is 1.44 bits per heavy atom. The highest BCUT2D eigenvalue weighted by Gasteiger charge is 2.13. The topological polar surface area (TPSA) is 86.0 Å². The number of thiazole rings is 1. The molecule has 8 heteroatoms. The van der Waals surface area contributed by atoms with E-state index in [4.69, 9.17) is 0 Å². The van der Waals surface area contributed by atoms with Crippen molar-refractivity contribution in [1.29, 1.82) is 0 Å². The summed E-state index contributed by atoms with van der Waals surface area (Å²) in [4.78, 5) is 42.3. The summed E-state index contributed by atoms with van der Waals surface area (Å²) in [5, 5.41) is 4.96. The van der Waals surface area contributed by atoms with Gasteiger partial charge in [-0.3, -0.25) is 18.7 Å². The van der Waals surface area contributed by atoms with E-state index in [0.29, 0.717) is 11.7 Å². The third kappa shape index (κ3) is 5.24. The van der Waals surface area contributed by atoms with Crippen molar-refractivity contribution in [2.75, 3.05) is 5.32 Å². The van der Waals surface area contributed by atoms with E-state index in [1.165, 1.54) is 28.2 Å². The molecule has 0 aliphatic rings. The molecule has 0 aliphatic heterocycles. The van der Waals surface area contributed by atoms with Gasteiger partial charge in [0.25, 0.3) is 5.56 Å². The minimum absolute atomic E-state index is 0.306. The largest absolute Gasteiger partial charge is 0.331 e. The molecule has 36 heavy (non-hydrogen) atoms. The molecule has 2 aromatic heterocycles. The SMILES string of the molecule is O=C(Cn1c(=O)ccn(Cc2ccccc2)c1=O)Nc1nc(-c2ccc(-c3ccccc3)cc2)cs1. The van der Waals surface area contributed by atoms with E-state index < -0.39 is 23.7 Å². The molecular formula is C28H22N4O3S. The first-order chi connectivity index (χ1) is 17.6. The number of aromatic nitrogens is 3. The summed E-state index contributed by atoms with van der Waals surface area (Å²) in [5.41, 5.74) is 3.74. The summed E-state index contributed by atoms with van der Waals surface area (Å²) in [6, 6.07) is 28.9. The molecule has 0 saturated carbocycles. The Balaban J connectivity index is 1.27. The number of nitrogens with zero attached hydrogens (tertiary/aromatic N) is 3. The molecule has 0 bridgehead atoms. The molecule has 0 fully saturated rings. The lowest BCUT2D eigenvalue weighted by atomic mass is 10.0. The van der Waals surface area contributed by atoms with E-state index in [2.05, 4.69) is 22.4 Å². The van der Waals surface area contributed by atoms with Crippen molar-refractivity contribution in [2.24, 2.45) is 0 Å². The summed E-state index contributed by atoms with van der Waals surface area (Å²) < 4.78 is 2.33. The minimum atomic E-state index is -0.542.